The third-order valence-corrected chi connectivity index (χ3v) is 7.02. The van der Waals surface area contributed by atoms with Crippen molar-refractivity contribution in [1.82, 2.24) is 0 Å². The molecular weight excluding hydrogens is 462 g/mol. The first kappa shape index (κ1) is 25.1. The van der Waals surface area contributed by atoms with E-state index in [4.69, 9.17) is 4.84 Å². The van der Waals surface area contributed by atoms with Crippen LogP contribution in [0.4, 0.5) is 5.69 Å². The molecule has 188 valence electrons. The Morgan fingerprint density at radius 1 is 0.842 bits per heavy atom. The van der Waals surface area contributed by atoms with E-state index in [1.54, 1.807) is 11.3 Å². The molecule has 2 heteroatoms. The monoisotopic (exact) mass is 495 g/mol. The molecule has 2 nitrogen and oxygen atoms in total. The Kier molecular flexibility index (Phi) is 8.01. The molecule has 1 atom stereocenters. The predicted octanol–water partition coefficient (Wildman–Crippen LogP) is 9.25. The van der Waals surface area contributed by atoms with Crippen LogP contribution in [0.2, 0.25) is 0 Å². The number of rotatable bonds is 9. The van der Waals surface area contributed by atoms with Gasteiger partial charge < -0.3 is 4.84 Å². The van der Waals surface area contributed by atoms with Gasteiger partial charge in [0.15, 0.2) is 0 Å². The van der Waals surface area contributed by atoms with Crippen LogP contribution in [0.1, 0.15) is 34.6 Å². The molecule has 0 saturated carbocycles. The average molecular weight is 496 g/mol. The van der Waals surface area contributed by atoms with E-state index in [1.807, 2.05) is 19.2 Å². The highest BCUT2D eigenvalue weighted by Gasteiger charge is 2.16. The molecule has 38 heavy (non-hydrogen) atoms. The third kappa shape index (κ3) is 5.87. The van der Waals surface area contributed by atoms with Gasteiger partial charge in [-0.15, -0.1) is 0 Å². The number of fused-ring (bicyclic) bond motifs is 1. The summed E-state index contributed by atoms with van der Waals surface area (Å²) in [5.74, 6) is 0.379. The molecule has 1 unspecified atom stereocenters. The van der Waals surface area contributed by atoms with Gasteiger partial charge in [-0.2, -0.15) is 0 Å². The van der Waals surface area contributed by atoms with Crippen molar-refractivity contribution in [1.29, 1.82) is 0 Å². The summed E-state index contributed by atoms with van der Waals surface area (Å²) in [4.78, 5) is 5.54. The van der Waals surface area contributed by atoms with E-state index in [2.05, 4.69) is 128 Å². The van der Waals surface area contributed by atoms with Crippen molar-refractivity contribution in [3.05, 3.63) is 163 Å². The van der Waals surface area contributed by atoms with E-state index in [9.17, 15) is 0 Å². The van der Waals surface area contributed by atoms with Gasteiger partial charge in [-0.1, -0.05) is 128 Å². The lowest BCUT2D eigenvalue weighted by atomic mass is 9.88. The topological polar surface area (TPSA) is 12.5 Å². The fourth-order valence-electron chi connectivity index (χ4n) is 5.03. The first-order valence-electron chi connectivity index (χ1n) is 13.1. The van der Waals surface area contributed by atoms with Gasteiger partial charge in [-0.25, -0.2) is 5.06 Å². The second-order valence-electron chi connectivity index (χ2n) is 9.51. The standard InChI is InChI=1S/C36H33NO/c1-3-12-32(34-19-11-20-36-35(34)25-26-38-37(36)2)17-10-18-33(30-15-8-5-9-16-30)27-28-21-23-31(24-22-28)29-13-6-4-7-14-29/h3-17,19-26,33H,1,18,27H2,2H3/b17-10-,32-12+. The number of hydrogen-bond donors (Lipinski definition) is 0. The lowest BCUT2D eigenvalue weighted by Gasteiger charge is -2.25. The Labute approximate surface area is 226 Å². The number of allylic oxidation sites excluding steroid dienone is 5. The summed E-state index contributed by atoms with van der Waals surface area (Å²) in [6.07, 6.45) is 14.1. The molecule has 0 spiro atoms. The van der Waals surface area contributed by atoms with Gasteiger partial charge in [0.25, 0.3) is 0 Å². The molecule has 0 fully saturated rings. The first-order valence-corrected chi connectivity index (χ1v) is 13.1. The Morgan fingerprint density at radius 2 is 1.55 bits per heavy atom. The summed E-state index contributed by atoms with van der Waals surface area (Å²) in [6.45, 7) is 3.97. The van der Waals surface area contributed by atoms with E-state index < -0.39 is 0 Å². The van der Waals surface area contributed by atoms with E-state index >= 15 is 0 Å². The van der Waals surface area contributed by atoms with Crippen molar-refractivity contribution in [3.8, 4) is 11.1 Å². The third-order valence-electron chi connectivity index (χ3n) is 7.02. The number of hydroxylamine groups is 1. The van der Waals surface area contributed by atoms with Crippen LogP contribution < -0.4 is 5.06 Å². The summed E-state index contributed by atoms with van der Waals surface area (Å²) in [5, 5.41) is 1.79. The number of hydrogen-bond acceptors (Lipinski definition) is 2. The minimum absolute atomic E-state index is 0.379. The molecule has 0 radical (unpaired) electrons. The zero-order valence-corrected chi connectivity index (χ0v) is 21.8. The van der Waals surface area contributed by atoms with Gasteiger partial charge in [0.1, 0.15) is 6.26 Å². The average Bonchev–Trinajstić information content (AvgIpc) is 2.97. The predicted molar refractivity (Wildman–Crippen MR) is 162 cm³/mol. The molecule has 5 rings (SSSR count). The maximum Gasteiger partial charge on any atom is 0.120 e. The molecule has 1 aliphatic rings. The number of anilines is 1. The highest BCUT2D eigenvalue weighted by atomic mass is 16.7. The van der Waals surface area contributed by atoms with E-state index in [0.29, 0.717) is 5.92 Å². The molecule has 1 heterocycles. The van der Waals surface area contributed by atoms with Crippen LogP contribution in [0.15, 0.2) is 140 Å². The van der Waals surface area contributed by atoms with E-state index in [-0.39, 0.29) is 0 Å². The smallest absolute Gasteiger partial charge is 0.120 e. The van der Waals surface area contributed by atoms with Crippen LogP contribution in [0, 0.1) is 0 Å². The molecule has 4 aromatic carbocycles. The fraction of sp³-hybridized carbons (Fsp3) is 0.111. The molecule has 4 aromatic rings. The molecule has 0 N–H and O–H groups in total. The van der Waals surface area contributed by atoms with Crippen LogP contribution in [-0.2, 0) is 11.3 Å². The maximum absolute atomic E-state index is 5.54. The van der Waals surface area contributed by atoms with Crippen molar-refractivity contribution >= 4 is 17.3 Å². The SMILES string of the molecule is C=C/C=C(\C=C/CC(Cc1ccc(-c2ccccc2)cc1)c1ccccc1)c1cccc2c1C=CON2C. The molecular formula is C36H33NO. The number of benzene rings is 4. The Balaban J connectivity index is 1.37. The van der Waals surface area contributed by atoms with Gasteiger partial charge in [0.2, 0.25) is 0 Å². The quantitative estimate of drug-likeness (QED) is 0.215. The van der Waals surface area contributed by atoms with Crippen molar-refractivity contribution in [2.75, 3.05) is 12.1 Å². The molecule has 0 aliphatic carbocycles. The molecule has 0 amide bonds. The normalized spacial score (nSPS) is 13.7. The molecule has 1 aliphatic heterocycles. The van der Waals surface area contributed by atoms with Gasteiger partial charge in [0.05, 0.1) is 5.69 Å². The zero-order valence-electron chi connectivity index (χ0n) is 21.8. The summed E-state index contributed by atoms with van der Waals surface area (Å²) in [7, 11) is 1.93. The maximum atomic E-state index is 5.54. The highest BCUT2D eigenvalue weighted by Crippen LogP contribution is 2.33. The highest BCUT2D eigenvalue weighted by molar-refractivity contribution is 5.86. The molecule has 0 bridgehead atoms. The van der Waals surface area contributed by atoms with Crippen LogP contribution in [0.25, 0.3) is 22.8 Å². The lowest BCUT2D eigenvalue weighted by Crippen LogP contribution is -2.18. The van der Waals surface area contributed by atoms with Gasteiger partial charge in [-0.3, -0.25) is 0 Å². The summed E-state index contributed by atoms with van der Waals surface area (Å²) >= 11 is 0. The largest absolute Gasteiger partial charge is 0.388 e. The zero-order chi connectivity index (χ0) is 26.2. The Hall–Kier alpha value is -4.56. The van der Waals surface area contributed by atoms with Crippen molar-refractivity contribution < 1.29 is 4.84 Å². The second kappa shape index (κ2) is 12.1. The van der Waals surface area contributed by atoms with Gasteiger partial charge in [-0.05, 0) is 64.3 Å². The van der Waals surface area contributed by atoms with Crippen molar-refractivity contribution in [3.63, 3.8) is 0 Å². The van der Waals surface area contributed by atoms with Crippen molar-refractivity contribution in [2.45, 2.75) is 18.8 Å². The Morgan fingerprint density at radius 3 is 2.29 bits per heavy atom. The van der Waals surface area contributed by atoms with Crippen LogP contribution >= 0.6 is 0 Å². The van der Waals surface area contributed by atoms with E-state index in [1.165, 1.54) is 22.3 Å². The van der Waals surface area contributed by atoms with Crippen molar-refractivity contribution in [2.24, 2.45) is 0 Å². The lowest BCUT2D eigenvalue weighted by molar-refractivity contribution is 0.234. The van der Waals surface area contributed by atoms with Crippen LogP contribution in [0.3, 0.4) is 0 Å². The molecule has 0 aromatic heterocycles. The minimum Gasteiger partial charge on any atom is -0.388 e. The number of nitrogens with zero attached hydrogens (tertiary/aromatic N) is 1. The van der Waals surface area contributed by atoms with Crippen LogP contribution in [0.5, 0.6) is 0 Å². The van der Waals surface area contributed by atoms with Gasteiger partial charge >= 0.3 is 0 Å². The van der Waals surface area contributed by atoms with E-state index in [0.717, 1.165) is 35.2 Å². The van der Waals surface area contributed by atoms with Crippen LogP contribution in [-0.4, -0.2) is 7.05 Å². The first-order chi connectivity index (χ1) is 18.7. The summed E-state index contributed by atoms with van der Waals surface area (Å²) in [5.41, 5.74) is 9.71. The molecule has 0 saturated heterocycles. The fourth-order valence-corrected chi connectivity index (χ4v) is 5.03. The summed E-state index contributed by atoms with van der Waals surface area (Å²) < 4.78 is 0. The Bertz CT molecular complexity index is 1450. The summed E-state index contributed by atoms with van der Waals surface area (Å²) in [6, 6.07) is 36.7. The second-order valence-corrected chi connectivity index (χ2v) is 9.51. The minimum atomic E-state index is 0.379. The van der Waals surface area contributed by atoms with Gasteiger partial charge in [0, 0.05) is 12.6 Å².